The van der Waals surface area contributed by atoms with Crippen molar-refractivity contribution in [2.45, 2.75) is 12.1 Å². The first-order chi connectivity index (χ1) is 8.10. The SMILES string of the molecule is COC(=O)C1CS(=O)CC(c2ccc(Br)s2)N1. The molecule has 3 unspecified atom stereocenters. The Balaban J connectivity index is 2.13. The lowest BCUT2D eigenvalue weighted by Crippen LogP contribution is -2.49. The number of rotatable bonds is 2. The number of hydrogen-bond acceptors (Lipinski definition) is 5. The third-order valence-corrected chi connectivity index (χ3v) is 5.68. The molecule has 1 aliphatic rings. The van der Waals surface area contributed by atoms with Crippen LogP contribution in [0.15, 0.2) is 15.9 Å². The smallest absolute Gasteiger partial charge is 0.323 e. The summed E-state index contributed by atoms with van der Waals surface area (Å²) in [6, 6.07) is 3.42. The Kier molecular flexibility index (Phi) is 4.35. The van der Waals surface area contributed by atoms with Crippen LogP contribution in [0.25, 0.3) is 0 Å². The fourth-order valence-electron chi connectivity index (χ4n) is 1.74. The van der Waals surface area contributed by atoms with Gasteiger partial charge < -0.3 is 4.74 Å². The van der Waals surface area contributed by atoms with Crippen LogP contribution in [0.1, 0.15) is 10.9 Å². The summed E-state index contributed by atoms with van der Waals surface area (Å²) in [6.45, 7) is 0. The molecule has 17 heavy (non-hydrogen) atoms. The zero-order valence-corrected chi connectivity index (χ0v) is 12.4. The van der Waals surface area contributed by atoms with Gasteiger partial charge in [0.15, 0.2) is 0 Å². The molecule has 0 bridgehead atoms. The molecule has 1 aromatic rings. The van der Waals surface area contributed by atoms with E-state index in [0.29, 0.717) is 11.5 Å². The summed E-state index contributed by atoms with van der Waals surface area (Å²) < 4.78 is 17.5. The summed E-state index contributed by atoms with van der Waals surface area (Å²) in [4.78, 5) is 12.6. The van der Waals surface area contributed by atoms with Crippen molar-refractivity contribution in [2.24, 2.45) is 0 Å². The number of esters is 1. The van der Waals surface area contributed by atoms with Crippen LogP contribution in [0.4, 0.5) is 0 Å². The number of methoxy groups -OCH3 is 1. The molecule has 1 aliphatic heterocycles. The van der Waals surface area contributed by atoms with Crippen LogP contribution in [-0.2, 0) is 20.3 Å². The highest BCUT2D eigenvalue weighted by Crippen LogP contribution is 2.29. The van der Waals surface area contributed by atoms with E-state index in [1.165, 1.54) is 7.11 Å². The quantitative estimate of drug-likeness (QED) is 0.830. The van der Waals surface area contributed by atoms with Crippen molar-refractivity contribution >= 4 is 44.0 Å². The first-order valence-corrected chi connectivity index (χ1v) is 8.14. The fraction of sp³-hybridized carbons (Fsp3) is 0.500. The molecule has 1 saturated heterocycles. The van der Waals surface area contributed by atoms with Gasteiger partial charge in [-0.2, -0.15) is 0 Å². The summed E-state index contributed by atoms with van der Waals surface area (Å²) >= 11 is 4.98. The van der Waals surface area contributed by atoms with Gasteiger partial charge in [-0.1, -0.05) is 0 Å². The topological polar surface area (TPSA) is 55.4 Å². The first kappa shape index (κ1) is 13.2. The number of thiophene rings is 1. The van der Waals surface area contributed by atoms with Gasteiger partial charge in [-0.05, 0) is 28.1 Å². The van der Waals surface area contributed by atoms with Gasteiger partial charge in [0.1, 0.15) is 6.04 Å². The van der Waals surface area contributed by atoms with Crippen molar-refractivity contribution in [2.75, 3.05) is 18.6 Å². The minimum Gasteiger partial charge on any atom is -0.468 e. The van der Waals surface area contributed by atoms with E-state index < -0.39 is 16.8 Å². The lowest BCUT2D eigenvalue weighted by Gasteiger charge is -2.28. The molecule has 1 aromatic heterocycles. The number of hydrogen-bond donors (Lipinski definition) is 1. The summed E-state index contributed by atoms with van der Waals surface area (Å²) in [7, 11) is 0.360. The van der Waals surface area contributed by atoms with Gasteiger partial charge in [-0.3, -0.25) is 14.3 Å². The number of nitrogens with one attached hydrogen (secondary N) is 1. The summed E-state index contributed by atoms with van der Waals surface area (Å²) in [6.07, 6.45) is 0. The third kappa shape index (κ3) is 3.15. The van der Waals surface area contributed by atoms with Crippen molar-refractivity contribution < 1.29 is 13.7 Å². The molecule has 4 nitrogen and oxygen atoms in total. The maximum atomic E-state index is 11.7. The Morgan fingerprint density at radius 1 is 1.59 bits per heavy atom. The van der Waals surface area contributed by atoms with Gasteiger partial charge in [0.2, 0.25) is 0 Å². The molecule has 0 radical (unpaired) electrons. The normalized spacial score (nSPS) is 28.9. The molecule has 2 heterocycles. The molecule has 0 saturated carbocycles. The van der Waals surface area contributed by atoms with E-state index in [-0.39, 0.29) is 12.0 Å². The highest BCUT2D eigenvalue weighted by Gasteiger charge is 2.32. The van der Waals surface area contributed by atoms with Crippen LogP contribution in [0.3, 0.4) is 0 Å². The standard InChI is InChI=1S/C10H12BrNO3S2/c1-15-10(13)7-5-17(14)4-6(12-7)8-2-3-9(11)16-8/h2-3,6-7,12H,4-5H2,1H3. The van der Waals surface area contributed by atoms with Gasteiger partial charge in [-0.15, -0.1) is 11.3 Å². The fourth-order valence-corrected chi connectivity index (χ4v) is 4.71. The van der Waals surface area contributed by atoms with E-state index in [9.17, 15) is 9.00 Å². The van der Waals surface area contributed by atoms with Crippen molar-refractivity contribution in [3.05, 3.63) is 20.8 Å². The third-order valence-electron chi connectivity index (χ3n) is 2.53. The van der Waals surface area contributed by atoms with Crippen LogP contribution >= 0.6 is 27.3 Å². The van der Waals surface area contributed by atoms with Gasteiger partial charge in [0.25, 0.3) is 0 Å². The summed E-state index contributed by atoms with van der Waals surface area (Å²) in [5.41, 5.74) is 0. The van der Waals surface area contributed by atoms with Gasteiger partial charge >= 0.3 is 5.97 Å². The predicted octanol–water partition coefficient (Wildman–Crippen LogP) is 1.45. The van der Waals surface area contributed by atoms with Gasteiger partial charge in [-0.25, -0.2) is 0 Å². The summed E-state index contributed by atoms with van der Waals surface area (Å²) in [5, 5.41) is 3.19. The zero-order valence-electron chi connectivity index (χ0n) is 9.14. The minimum atomic E-state index is -0.986. The average Bonchev–Trinajstić information content (AvgIpc) is 2.74. The number of ether oxygens (including phenoxy) is 1. The molecule has 1 fully saturated rings. The largest absolute Gasteiger partial charge is 0.468 e. The van der Waals surface area contributed by atoms with Gasteiger partial charge in [0, 0.05) is 27.2 Å². The van der Waals surface area contributed by atoms with E-state index >= 15 is 0 Å². The Morgan fingerprint density at radius 3 is 2.94 bits per heavy atom. The molecule has 94 valence electrons. The van der Waals surface area contributed by atoms with E-state index in [4.69, 9.17) is 0 Å². The second kappa shape index (κ2) is 5.60. The monoisotopic (exact) mass is 337 g/mol. The van der Waals surface area contributed by atoms with E-state index in [0.717, 1.165) is 8.66 Å². The number of carbonyl (C=O) groups excluding carboxylic acids is 1. The molecule has 0 aliphatic carbocycles. The second-order valence-electron chi connectivity index (χ2n) is 3.71. The maximum Gasteiger partial charge on any atom is 0.323 e. The molecule has 0 spiro atoms. The second-order valence-corrected chi connectivity index (χ2v) is 7.75. The van der Waals surface area contributed by atoms with Crippen molar-refractivity contribution in [3.8, 4) is 0 Å². The lowest BCUT2D eigenvalue weighted by atomic mass is 10.2. The Bertz CT molecular complexity index is 449. The molecule has 0 amide bonds. The molecule has 0 aromatic carbocycles. The van der Waals surface area contributed by atoms with Crippen molar-refractivity contribution in [1.29, 1.82) is 0 Å². The van der Waals surface area contributed by atoms with E-state index in [1.54, 1.807) is 11.3 Å². The molecular formula is C10H12BrNO3S2. The Hall–Kier alpha value is -0.240. The Labute approximate surface area is 114 Å². The first-order valence-electron chi connectivity index (χ1n) is 5.04. The molecular weight excluding hydrogens is 326 g/mol. The highest BCUT2D eigenvalue weighted by molar-refractivity contribution is 9.11. The van der Waals surface area contributed by atoms with E-state index in [2.05, 4.69) is 26.0 Å². The van der Waals surface area contributed by atoms with Crippen molar-refractivity contribution in [1.82, 2.24) is 5.32 Å². The van der Waals surface area contributed by atoms with Gasteiger partial charge in [0.05, 0.1) is 16.9 Å². The molecule has 1 N–H and O–H groups in total. The highest BCUT2D eigenvalue weighted by atomic mass is 79.9. The minimum absolute atomic E-state index is 0.0371. The molecule has 3 atom stereocenters. The van der Waals surface area contributed by atoms with Crippen molar-refractivity contribution in [3.63, 3.8) is 0 Å². The zero-order chi connectivity index (χ0) is 12.4. The van der Waals surface area contributed by atoms with Crippen LogP contribution in [0, 0.1) is 0 Å². The van der Waals surface area contributed by atoms with Crippen LogP contribution < -0.4 is 5.32 Å². The van der Waals surface area contributed by atoms with Crippen LogP contribution in [-0.4, -0.2) is 34.8 Å². The lowest BCUT2D eigenvalue weighted by molar-refractivity contribution is -0.142. The maximum absolute atomic E-state index is 11.7. The number of carbonyl (C=O) groups is 1. The number of halogens is 1. The summed E-state index contributed by atoms with van der Waals surface area (Å²) in [5.74, 6) is 0.523. The predicted molar refractivity (Wildman–Crippen MR) is 71.6 cm³/mol. The van der Waals surface area contributed by atoms with E-state index in [1.807, 2.05) is 12.1 Å². The molecule has 2 rings (SSSR count). The molecule has 7 heteroatoms. The Morgan fingerprint density at radius 2 is 2.35 bits per heavy atom. The van der Waals surface area contributed by atoms with Crippen LogP contribution in [0.2, 0.25) is 0 Å². The average molecular weight is 338 g/mol. The van der Waals surface area contributed by atoms with Crippen LogP contribution in [0.5, 0.6) is 0 Å².